The van der Waals surface area contributed by atoms with Gasteiger partial charge in [-0.05, 0) is 6.08 Å². The second kappa shape index (κ2) is 2.05. The van der Waals surface area contributed by atoms with Crippen LogP contribution in [-0.2, 0) is 0 Å². The molecule has 10 heavy (non-hydrogen) atoms. The Morgan fingerprint density at radius 3 is 3.40 bits per heavy atom. The van der Waals surface area contributed by atoms with Gasteiger partial charge < -0.3 is 4.72 Å². The Bertz CT molecular complexity index is 244. The monoisotopic (exact) mass is 156 g/mol. The smallest absolute Gasteiger partial charge is 0.126 e. The SMILES string of the molecule is FC1=CC2=CNSN2C=C1. The van der Waals surface area contributed by atoms with Crippen molar-refractivity contribution in [3.05, 3.63) is 36.1 Å². The maximum Gasteiger partial charge on any atom is 0.126 e. The quantitative estimate of drug-likeness (QED) is 0.537. The van der Waals surface area contributed by atoms with Crippen molar-refractivity contribution in [3.8, 4) is 0 Å². The first-order chi connectivity index (χ1) is 4.86. The molecular formula is C6H5FN2S. The van der Waals surface area contributed by atoms with E-state index in [0.29, 0.717) is 0 Å². The molecular weight excluding hydrogens is 151 g/mol. The van der Waals surface area contributed by atoms with Crippen LogP contribution in [0, 0.1) is 0 Å². The van der Waals surface area contributed by atoms with Crippen LogP contribution in [0.5, 0.6) is 0 Å². The Labute approximate surface area is 62.4 Å². The summed E-state index contributed by atoms with van der Waals surface area (Å²) in [6, 6.07) is 0. The highest BCUT2D eigenvalue weighted by atomic mass is 32.2. The number of rotatable bonds is 0. The van der Waals surface area contributed by atoms with Gasteiger partial charge in [0.05, 0.1) is 17.8 Å². The molecule has 0 unspecified atom stereocenters. The normalized spacial score (nSPS) is 21.5. The zero-order valence-electron chi connectivity index (χ0n) is 5.04. The van der Waals surface area contributed by atoms with E-state index in [2.05, 4.69) is 4.72 Å². The number of nitrogens with one attached hydrogen (secondary N) is 1. The van der Waals surface area contributed by atoms with Gasteiger partial charge in [-0.1, -0.05) is 0 Å². The van der Waals surface area contributed by atoms with Crippen molar-refractivity contribution in [3.63, 3.8) is 0 Å². The Kier molecular flexibility index (Phi) is 1.20. The fourth-order valence-electron chi connectivity index (χ4n) is 0.810. The molecule has 4 heteroatoms. The minimum atomic E-state index is -0.202. The van der Waals surface area contributed by atoms with E-state index in [4.69, 9.17) is 0 Å². The van der Waals surface area contributed by atoms with Crippen LogP contribution in [0.3, 0.4) is 0 Å². The van der Waals surface area contributed by atoms with Gasteiger partial charge in [-0.15, -0.1) is 0 Å². The Hall–Kier alpha value is -0.900. The number of halogens is 1. The zero-order valence-corrected chi connectivity index (χ0v) is 5.86. The standard InChI is InChI=1S/C6H5FN2S/c7-5-1-2-9-6(3-5)4-8-10-9/h1-4,8H. The molecule has 0 aromatic carbocycles. The van der Waals surface area contributed by atoms with E-state index in [1.165, 1.54) is 24.3 Å². The largest absolute Gasteiger partial charge is 0.316 e. The molecule has 0 aliphatic carbocycles. The summed E-state index contributed by atoms with van der Waals surface area (Å²) in [4.78, 5) is 0. The van der Waals surface area contributed by atoms with Crippen LogP contribution in [0.2, 0.25) is 0 Å². The van der Waals surface area contributed by atoms with Crippen molar-refractivity contribution in [2.45, 2.75) is 0 Å². The third kappa shape index (κ3) is 0.806. The van der Waals surface area contributed by atoms with E-state index < -0.39 is 0 Å². The first-order valence-corrected chi connectivity index (χ1v) is 3.61. The predicted molar refractivity (Wildman–Crippen MR) is 39.0 cm³/mol. The molecule has 0 aromatic rings. The van der Waals surface area contributed by atoms with Crippen LogP contribution >= 0.6 is 12.1 Å². The van der Waals surface area contributed by atoms with Gasteiger partial charge in [-0.3, -0.25) is 4.31 Å². The molecule has 2 heterocycles. The lowest BCUT2D eigenvalue weighted by Crippen LogP contribution is -2.04. The van der Waals surface area contributed by atoms with Crippen molar-refractivity contribution in [1.82, 2.24) is 9.03 Å². The Morgan fingerprint density at radius 2 is 2.50 bits per heavy atom. The Morgan fingerprint density at radius 1 is 1.60 bits per heavy atom. The van der Waals surface area contributed by atoms with Gasteiger partial charge in [-0.25, -0.2) is 4.39 Å². The van der Waals surface area contributed by atoms with Crippen LogP contribution in [-0.4, -0.2) is 4.31 Å². The lowest BCUT2D eigenvalue weighted by atomic mass is 10.3. The van der Waals surface area contributed by atoms with Crippen molar-refractivity contribution in [2.75, 3.05) is 0 Å². The number of hydrogen-bond acceptors (Lipinski definition) is 3. The number of allylic oxidation sites excluding steroid dienone is 3. The summed E-state index contributed by atoms with van der Waals surface area (Å²) in [5.74, 6) is -0.202. The van der Waals surface area contributed by atoms with Crippen molar-refractivity contribution in [1.29, 1.82) is 0 Å². The molecule has 0 fully saturated rings. The molecule has 0 aromatic heterocycles. The summed E-state index contributed by atoms with van der Waals surface area (Å²) in [7, 11) is 0. The fourth-order valence-corrected chi connectivity index (χ4v) is 1.43. The van der Waals surface area contributed by atoms with Crippen LogP contribution in [0.4, 0.5) is 4.39 Å². The highest BCUT2D eigenvalue weighted by Gasteiger charge is 2.14. The van der Waals surface area contributed by atoms with Gasteiger partial charge in [0, 0.05) is 18.5 Å². The molecule has 2 aliphatic rings. The second-order valence-electron chi connectivity index (χ2n) is 1.95. The highest BCUT2D eigenvalue weighted by Crippen LogP contribution is 2.27. The summed E-state index contributed by atoms with van der Waals surface area (Å²) in [6.45, 7) is 0. The second-order valence-corrected chi connectivity index (χ2v) is 2.76. The summed E-state index contributed by atoms with van der Waals surface area (Å²) in [5, 5.41) is 0. The average Bonchev–Trinajstić information content (AvgIpc) is 2.33. The topological polar surface area (TPSA) is 15.3 Å². The van der Waals surface area contributed by atoms with E-state index in [1.807, 2.05) is 4.31 Å². The summed E-state index contributed by atoms with van der Waals surface area (Å²) >= 11 is 1.42. The van der Waals surface area contributed by atoms with Gasteiger partial charge in [0.2, 0.25) is 0 Å². The van der Waals surface area contributed by atoms with Crippen LogP contribution < -0.4 is 4.72 Å². The molecule has 52 valence electrons. The van der Waals surface area contributed by atoms with E-state index in [-0.39, 0.29) is 5.83 Å². The molecule has 1 N–H and O–H groups in total. The summed E-state index contributed by atoms with van der Waals surface area (Å²) in [5.41, 5.74) is 0.852. The average molecular weight is 156 g/mol. The molecule has 0 saturated heterocycles. The van der Waals surface area contributed by atoms with E-state index in [0.717, 1.165) is 5.70 Å². The van der Waals surface area contributed by atoms with E-state index in [1.54, 1.807) is 12.4 Å². The maximum absolute atomic E-state index is 12.5. The molecule has 0 amide bonds. The minimum Gasteiger partial charge on any atom is -0.316 e. The van der Waals surface area contributed by atoms with Crippen molar-refractivity contribution < 1.29 is 4.39 Å². The molecule has 0 radical (unpaired) electrons. The molecule has 0 spiro atoms. The molecule has 2 nitrogen and oxygen atoms in total. The van der Waals surface area contributed by atoms with Gasteiger partial charge in [0.25, 0.3) is 0 Å². The molecule has 0 saturated carbocycles. The number of nitrogens with zero attached hydrogens (tertiary/aromatic N) is 1. The van der Waals surface area contributed by atoms with Crippen LogP contribution in [0.1, 0.15) is 0 Å². The molecule has 0 atom stereocenters. The lowest BCUT2D eigenvalue weighted by molar-refractivity contribution is 0.643. The Balaban J connectivity index is 2.34. The lowest BCUT2D eigenvalue weighted by Gasteiger charge is -2.13. The first kappa shape index (κ1) is 5.85. The van der Waals surface area contributed by atoms with E-state index in [9.17, 15) is 4.39 Å². The van der Waals surface area contributed by atoms with Gasteiger partial charge in [0.15, 0.2) is 0 Å². The maximum atomic E-state index is 12.5. The first-order valence-electron chi connectivity index (χ1n) is 2.83. The highest BCUT2D eigenvalue weighted by molar-refractivity contribution is 7.95. The van der Waals surface area contributed by atoms with Crippen molar-refractivity contribution >= 4 is 12.1 Å². The third-order valence-electron chi connectivity index (χ3n) is 1.27. The van der Waals surface area contributed by atoms with Gasteiger partial charge in [0.1, 0.15) is 5.83 Å². The van der Waals surface area contributed by atoms with Crippen LogP contribution in [0.25, 0.3) is 0 Å². The number of fused-ring (bicyclic) bond motifs is 1. The third-order valence-corrected chi connectivity index (χ3v) is 2.02. The summed E-state index contributed by atoms with van der Waals surface area (Å²) in [6.07, 6.45) is 6.35. The predicted octanol–water partition coefficient (Wildman–Crippen LogP) is 1.68. The molecule has 0 bridgehead atoms. The van der Waals surface area contributed by atoms with Gasteiger partial charge in [-0.2, -0.15) is 0 Å². The van der Waals surface area contributed by atoms with Crippen molar-refractivity contribution in [2.24, 2.45) is 0 Å². The zero-order chi connectivity index (χ0) is 6.97. The fraction of sp³-hybridized carbons (Fsp3) is 0. The minimum absolute atomic E-state index is 0.202. The summed E-state index contributed by atoms with van der Waals surface area (Å²) < 4.78 is 17.2. The van der Waals surface area contributed by atoms with Crippen LogP contribution in [0.15, 0.2) is 36.1 Å². The van der Waals surface area contributed by atoms with E-state index >= 15 is 0 Å². The van der Waals surface area contributed by atoms with Gasteiger partial charge >= 0.3 is 0 Å². The molecule has 2 rings (SSSR count). The molecule has 2 aliphatic heterocycles. The number of hydrogen-bond donors (Lipinski definition) is 1.